The Bertz CT molecular complexity index is 1280. The summed E-state index contributed by atoms with van der Waals surface area (Å²) in [6.45, 7) is 0. The molecular weight excluding hydrogens is 314 g/mol. The Hall–Kier alpha value is -3.60. The van der Waals surface area contributed by atoms with Gasteiger partial charge in [-0.2, -0.15) is 0 Å². The Morgan fingerprint density at radius 1 is 0.720 bits per heavy atom. The van der Waals surface area contributed by atoms with Gasteiger partial charge in [0.05, 0.1) is 0 Å². The van der Waals surface area contributed by atoms with Gasteiger partial charge in [0, 0.05) is 22.7 Å². The first kappa shape index (κ1) is 15.0. The predicted octanol–water partition coefficient (Wildman–Crippen LogP) is 1.20. The van der Waals surface area contributed by atoms with Crippen molar-refractivity contribution in [3.05, 3.63) is 103 Å². The van der Waals surface area contributed by atoms with E-state index in [1.54, 1.807) is 12.2 Å². The zero-order chi connectivity index (χ0) is 17.2. The van der Waals surface area contributed by atoms with Crippen molar-refractivity contribution in [2.45, 2.75) is 0 Å². The molecule has 0 spiro atoms. The van der Waals surface area contributed by atoms with Crippen LogP contribution >= 0.6 is 0 Å². The van der Waals surface area contributed by atoms with Gasteiger partial charge in [-0.05, 0) is 23.8 Å². The molecule has 0 aliphatic rings. The van der Waals surface area contributed by atoms with Crippen LogP contribution in [-0.4, -0.2) is 15.0 Å². The van der Waals surface area contributed by atoms with Gasteiger partial charge in [-0.3, -0.25) is 9.59 Å². The monoisotopic (exact) mass is 329 g/mol. The smallest absolute Gasteiger partial charge is 0.272 e. The van der Waals surface area contributed by atoms with Crippen molar-refractivity contribution >= 4 is 23.1 Å². The molecule has 2 heterocycles. The van der Waals surface area contributed by atoms with E-state index in [0.29, 0.717) is 0 Å². The average Bonchev–Trinajstić information content (AvgIpc) is 3.03. The predicted molar refractivity (Wildman–Crippen MR) is 98.8 cm³/mol. The molecule has 25 heavy (non-hydrogen) atoms. The highest BCUT2D eigenvalue weighted by atomic mass is 16.1. The van der Waals surface area contributed by atoms with Crippen LogP contribution in [-0.2, 0) is 0 Å². The van der Waals surface area contributed by atoms with Crippen LogP contribution in [0.4, 0.5) is 0 Å². The summed E-state index contributed by atoms with van der Waals surface area (Å²) < 4.78 is 0. The van der Waals surface area contributed by atoms with Crippen molar-refractivity contribution in [1.29, 1.82) is 0 Å². The number of para-hydroxylation sites is 1. The Labute approximate surface area is 142 Å². The van der Waals surface area contributed by atoms with Crippen LogP contribution in [0.15, 0.2) is 70.4 Å². The molecule has 0 radical (unpaired) electrons. The molecule has 3 N–H and O–H groups in total. The highest BCUT2D eigenvalue weighted by Gasteiger charge is 2.01. The highest BCUT2D eigenvalue weighted by molar-refractivity contribution is 5.88. The fourth-order valence-electron chi connectivity index (χ4n) is 2.78. The third-order valence-corrected chi connectivity index (χ3v) is 4.02. The number of aromatic nitrogens is 3. The molecule has 4 rings (SSSR count). The van der Waals surface area contributed by atoms with Crippen molar-refractivity contribution < 1.29 is 0 Å². The summed E-state index contributed by atoms with van der Waals surface area (Å²) in [6, 6.07) is 17.1. The van der Waals surface area contributed by atoms with E-state index >= 15 is 0 Å². The molecule has 0 atom stereocenters. The molecule has 0 fully saturated rings. The first-order chi connectivity index (χ1) is 12.2. The van der Waals surface area contributed by atoms with E-state index in [1.165, 1.54) is 0 Å². The molecular formula is C20H15N3O2. The van der Waals surface area contributed by atoms with E-state index in [0.717, 1.165) is 22.0 Å². The number of hydrogen-bond acceptors (Lipinski definition) is 2. The van der Waals surface area contributed by atoms with E-state index in [1.807, 2.05) is 60.8 Å². The van der Waals surface area contributed by atoms with Gasteiger partial charge in [-0.25, -0.2) is 0 Å². The number of H-pyrrole nitrogens is 3. The lowest BCUT2D eigenvalue weighted by Gasteiger charge is -1.94. The molecule has 0 saturated heterocycles. The largest absolute Gasteiger partial charge is 0.361 e. The SMILES string of the molecule is O=c1[nH]/c(=C/c2ccccc2)c(=O)[nH]/c1=C\c1c[nH]c2ccccc12. The molecule has 0 unspecified atom stereocenters. The minimum absolute atomic E-state index is 0.222. The number of nitrogens with one attached hydrogen (secondary N) is 3. The van der Waals surface area contributed by atoms with E-state index in [2.05, 4.69) is 15.0 Å². The van der Waals surface area contributed by atoms with Gasteiger partial charge < -0.3 is 15.0 Å². The van der Waals surface area contributed by atoms with E-state index in [4.69, 9.17) is 0 Å². The average molecular weight is 329 g/mol. The minimum Gasteiger partial charge on any atom is -0.361 e. The minimum atomic E-state index is -0.341. The van der Waals surface area contributed by atoms with Crippen LogP contribution < -0.4 is 21.8 Å². The molecule has 0 amide bonds. The number of benzene rings is 2. The zero-order valence-electron chi connectivity index (χ0n) is 13.2. The second-order valence-electron chi connectivity index (χ2n) is 5.72. The van der Waals surface area contributed by atoms with Crippen LogP contribution in [0.25, 0.3) is 23.1 Å². The van der Waals surface area contributed by atoms with Crippen LogP contribution in [0.3, 0.4) is 0 Å². The van der Waals surface area contributed by atoms with Gasteiger partial charge in [0.1, 0.15) is 10.7 Å². The molecule has 0 saturated carbocycles. The lowest BCUT2D eigenvalue weighted by molar-refractivity contribution is 1.00. The first-order valence-electron chi connectivity index (χ1n) is 7.88. The fraction of sp³-hybridized carbons (Fsp3) is 0. The Morgan fingerprint density at radius 3 is 2.12 bits per heavy atom. The van der Waals surface area contributed by atoms with Crippen LogP contribution in [0, 0.1) is 0 Å². The lowest BCUT2D eigenvalue weighted by atomic mass is 10.1. The van der Waals surface area contributed by atoms with Gasteiger partial charge >= 0.3 is 0 Å². The Balaban J connectivity index is 1.88. The van der Waals surface area contributed by atoms with E-state index in [-0.39, 0.29) is 21.8 Å². The van der Waals surface area contributed by atoms with Gasteiger partial charge in [0.2, 0.25) is 0 Å². The van der Waals surface area contributed by atoms with Crippen molar-refractivity contribution in [2.24, 2.45) is 0 Å². The van der Waals surface area contributed by atoms with Crippen molar-refractivity contribution in [1.82, 2.24) is 15.0 Å². The maximum atomic E-state index is 12.4. The van der Waals surface area contributed by atoms with Gasteiger partial charge in [0.15, 0.2) is 0 Å². The van der Waals surface area contributed by atoms with Crippen molar-refractivity contribution in [3.63, 3.8) is 0 Å². The number of hydrogen-bond donors (Lipinski definition) is 3. The molecule has 5 nitrogen and oxygen atoms in total. The summed E-state index contributed by atoms with van der Waals surface area (Å²) in [5.74, 6) is 0. The molecule has 2 aromatic heterocycles. The molecule has 0 aliphatic heterocycles. The summed E-state index contributed by atoms with van der Waals surface area (Å²) in [5, 5.41) is 1.44. The highest BCUT2D eigenvalue weighted by Crippen LogP contribution is 2.17. The quantitative estimate of drug-likeness (QED) is 0.516. The summed E-state index contributed by atoms with van der Waals surface area (Å²) >= 11 is 0. The zero-order valence-corrected chi connectivity index (χ0v) is 13.2. The van der Waals surface area contributed by atoms with Gasteiger partial charge in [-0.1, -0.05) is 48.5 Å². The summed E-state index contributed by atoms with van der Waals surface area (Å²) in [5.41, 5.74) is 1.98. The van der Waals surface area contributed by atoms with Gasteiger partial charge in [-0.15, -0.1) is 0 Å². The third kappa shape index (κ3) is 2.95. The Morgan fingerprint density at radius 2 is 1.36 bits per heavy atom. The number of rotatable bonds is 2. The summed E-state index contributed by atoms with van der Waals surface area (Å²) in [7, 11) is 0. The second kappa shape index (κ2) is 6.13. The Kier molecular flexibility index (Phi) is 3.67. The molecule has 0 bridgehead atoms. The van der Waals surface area contributed by atoms with Crippen LogP contribution in [0.5, 0.6) is 0 Å². The number of fused-ring (bicyclic) bond motifs is 1. The maximum absolute atomic E-state index is 12.4. The van der Waals surface area contributed by atoms with Crippen molar-refractivity contribution in [3.8, 4) is 0 Å². The summed E-state index contributed by atoms with van der Waals surface area (Å²) in [6.07, 6.45) is 5.13. The first-order valence-corrected chi connectivity index (χ1v) is 7.88. The van der Waals surface area contributed by atoms with E-state index < -0.39 is 0 Å². The topological polar surface area (TPSA) is 81.5 Å². The summed E-state index contributed by atoms with van der Waals surface area (Å²) in [4.78, 5) is 33.1. The van der Waals surface area contributed by atoms with Crippen molar-refractivity contribution in [2.75, 3.05) is 0 Å². The molecule has 0 aliphatic carbocycles. The normalized spacial score (nSPS) is 12.8. The van der Waals surface area contributed by atoms with E-state index in [9.17, 15) is 9.59 Å². The molecule has 122 valence electrons. The van der Waals surface area contributed by atoms with Crippen LogP contribution in [0.1, 0.15) is 11.1 Å². The third-order valence-electron chi connectivity index (χ3n) is 4.02. The molecule has 4 aromatic rings. The fourth-order valence-corrected chi connectivity index (χ4v) is 2.78. The lowest BCUT2D eigenvalue weighted by Crippen LogP contribution is -2.46. The maximum Gasteiger partial charge on any atom is 0.272 e. The molecule has 5 heteroatoms. The molecule has 2 aromatic carbocycles. The standard InChI is InChI=1S/C20H15N3O2/c24-19-17(10-13-6-2-1-3-7-13)22-20(25)18(23-19)11-14-12-21-16-9-5-4-8-15(14)16/h1-12,21H,(H,22,25)(H,23,24)/b17-10+,18-11-. The number of aromatic amines is 3. The second-order valence-corrected chi connectivity index (χ2v) is 5.72. The van der Waals surface area contributed by atoms with Crippen LogP contribution in [0.2, 0.25) is 0 Å². The van der Waals surface area contributed by atoms with Gasteiger partial charge in [0.25, 0.3) is 11.1 Å².